The monoisotopic (exact) mass is 419 g/mol. The Balaban J connectivity index is 1.58. The van der Waals surface area contributed by atoms with Crippen molar-refractivity contribution in [2.45, 2.75) is 26.8 Å². The lowest BCUT2D eigenvalue weighted by Gasteiger charge is -2.07. The van der Waals surface area contributed by atoms with Gasteiger partial charge in [-0.15, -0.1) is 0 Å². The van der Waals surface area contributed by atoms with E-state index in [1.807, 2.05) is 43.3 Å². The summed E-state index contributed by atoms with van der Waals surface area (Å²) in [4.78, 5) is 29.3. The number of amides is 1. The van der Waals surface area contributed by atoms with E-state index < -0.39 is 4.87 Å². The molecule has 0 saturated heterocycles. The number of fused-ring (bicyclic) bond motifs is 1. The van der Waals surface area contributed by atoms with Gasteiger partial charge in [-0.25, -0.2) is 0 Å². The van der Waals surface area contributed by atoms with E-state index >= 15 is 0 Å². The van der Waals surface area contributed by atoms with Crippen LogP contribution in [0, 0.1) is 6.92 Å². The van der Waals surface area contributed by atoms with Crippen LogP contribution in [0.4, 0.5) is 11.4 Å². The molecule has 0 bridgehead atoms. The standard InChI is InChI=1S/C23H21N3O3S/c1-3-15-7-5-9-18-16(12-24-21(15)18)11-19-22(28)26(23(29)30-19)13-20(27)25-17-8-4-6-14(2)10-17/h4-12,28H,3,13H2,1-2H3,(H,25,27). The fourth-order valence-electron chi connectivity index (χ4n) is 3.44. The number of anilines is 1. The molecule has 6 nitrogen and oxygen atoms in total. The maximum atomic E-state index is 12.4. The number of para-hydroxylation sites is 1. The third kappa shape index (κ3) is 3.84. The molecule has 0 unspecified atom stereocenters. The maximum absolute atomic E-state index is 12.4. The summed E-state index contributed by atoms with van der Waals surface area (Å²) in [5.74, 6) is -0.597. The number of rotatable bonds is 5. The van der Waals surface area contributed by atoms with E-state index in [1.54, 1.807) is 18.4 Å². The fraction of sp³-hybridized carbons (Fsp3) is 0.174. The predicted octanol–water partition coefficient (Wildman–Crippen LogP) is 4.38. The molecule has 0 aliphatic carbocycles. The molecule has 2 heterocycles. The number of nitrogens with zero attached hydrogens (tertiary/aromatic N) is 2. The van der Waals surface area contributed by atoms with Gasteiger partial charge in [-0.1, -0.05) is 48.6 Å². The second-order valence-electron chi connectivity index (χ2n) is 7.08. The third-order valence-corrected chi connectivity index (χ3v) is 5.84. The average Bonchev–Trinajstić information content (AvgIpc) is 3.24. The van der Waals surface area contributed by atoms with Gasteiger partial charge < -0.3 is 10.4 Å². The van der Waals surface area contributed by atoms with E-state index in [9.17, 15) is 14.7 Å². The highest BCUT2D eigenvalue weighted by atomic mass is 32.1. The van der Waals surface area contributed by atoms with E-state index in [-0.39, 0.29) is 18.3 Å². The van der Waals surface area contributed by atoms with Crippen molar-refractivity contribution in [2.75, 3.05) is 5.32 Å². The van der Waals surface area contributed by atoms with Gasteiger partial charge in [0.2, 0.25) is 11.8 Å². The van der Waals surface area contributed by atoms with Crippen LogP contribution in [-0.2, 0) is 17.8 Å². The lowest BCUT2D eigenvalue weighted by atomic mass is 10.0. The van der Waals surface area contributed by atoms with Crippen LogP contribution >= 0.6 is 11.3 Å². The minimum absolute atomic E-state index is 0.217. The number of hydrogen-bond acceptors (Lipinski definition) is 5. The maximum Gasteiger partial charge on any atom is 0.311 e. The van der Waals surface area contributed by atoms with Gasteiger partial charge >= 0.3 is 4.87 Å². The van der Waals surface area contributed by atoms with Gasteiger partial charge in [0.25, 0.3) is 0 Å². The Kier molecular flexibility index (Phi) is 5.37. The van der Waals surface area contributed by atoms with Gasteiger partial charge in [0.15, 0.2) is 0 Å². The first-order chi connectivity index (χ1) is 14.5. The first kappa shape index (κ1) is 19.8. The molecule has 152 valence electrons. The molecule has 0 saturated carbocycles. The van der Waals surface area contributed by atoms with E-state index in [4.69, 9.17) is 0 Å². The number of aromatic nitrogens is 1. The molecule has 1 aliphatic rings. The molecular formula is C23H21N3O3S. The van der Waals surface area contributed by atoms with Crippen LogP contribution < -0.4 is 10.2 Å². The number of aliphatic imine (C=N–C) groups is 1. The van der Waals surface area contributed by atoms with Crippen molar-refractivity contribution in [3.63, 3.8) is 0 Å². The number of carbonyl (C=O) groups is 1. The summed E-state index contributed by atoms with van der Waals surface area (Å²) in [5.41, 5.74) is 5.54. The number of benzene rings is 2. The highest BCUT2D eigenvalue weighted by Crippen LogP contribution is 2.37. The lowest BCUT2D eigenvalue weighted by Crippen LogP contribution is -2.24. The second kappa shape index (κ2) is 8.12. The molecule has 3 aromatic rings. The molecule has 1 aliphatic heterocycles. The molecule has 0 atom stereocenters. The first-order valence-electron chi connectivity index (χ1n) is 9.63. The van der Waals surface area contributed by atoms with E-state index in [1.165, 1.54) is 0 Å². The minimum atomic E-state index is -0.392. The van der Waals surface area contributed by atoms with Gasteiger partial charge in [0.05, 0.1) is 10.6 Å². The van der Waals surface area contributed by atoms with Crippen LogP contribution in [0.3, 0.4) is 0 Å². The number of aryl methyl sites for hydroxylation is 2. The van der Waals surface area contributed by atoms with Crippen molar-refractivity contribution in [2.24, 2.45) is 4.99 Å². The molecule has 30 heavy (non-hydrogen) atoms. The minimum Gasteiger partial charge on any atom is -0.493 e. The largest absolute Gasteiger partial charge is 0.493 e. The van der Waals surface area contributed by atoms with Crippen LogP contribution in [0.25, 0.3) is 11.6 Å². The Hall–Kier alpha value is -3.45. The smallest absolute Gasteiger partial charge is 0.311 e. The number of aromatic hydroxyl groups is 1. The summed E-state index contributed by atoms with van der Waals surface area (Å²) >= 11 is 0.903. The summed E-state index contributed by atoms with van der Waals surface area (Å²) in [6, 6.07) is 13.4. The van der Waals surface area contributed by atoms with E-state index in [0.717, 1.165) is 50.3 Å². The van der Waals surface area contributed by atoms with Crippen LogP contribution in [0.2, 0.25) is 0 Å². The molecule has 0 spiro atoms. The van der Waals surface area contributed by atoms with Crippen molar-refractivity contribution in [3.05, 3.63) is 73.7 Å². The lowest BCUT2D eigenvalue weighted by molar-refractivity contribution is -0.116. The zero-order valence-electron chi connectivity index (χ0n) is 16.7. The topological polar surface area (TPSA) is 83.7 Å². The summed E-state index contributed by atoms with van der Waals surface area (Å²) in [6.45, 7) is 3.74. The number of nitrogens with one attached hydrogen (secondary N) is 1. The normalized spacial score (nSPS) is 13.6. The van der Waals surface area contributed by atoms with Gasteiger partial charge in [0.1, 0.15) is 6.54 Å². The molecule has 1 aromatic heterocycles. The fourth-order valence-corrected chi connectivity index (χ4v) is 4.27. The number of carbonyl (C=O) groups excluding carboxylic acids is 1. The van der Waals surface area contributed by atoms with Crippen molar-refractivity contribution >= 4 is 46.5 Å². The van der Waals surface area contributed by atoms with E-state index in [2.05, 4.69) is 17.2 Å². The summed E-state index contributed by atoms with van der Waals surface area (Å²) in [5, 5.41) is 13.3. The average molecular weight is 420 g/mol. The molecule has 0 fully saturated rings. The van der Waals surface area contributed by atoms with Crippen LogP contribution in [0.15, 0.2) is 52.3 Å². The van der Waals surface area contributed by atoms with Gasteiger partial charge in [-0.2, -0.15) is 0 Å². The van der Waals surface area contributed by atoms with Crippen LogP contribution in [0.5, 0.6) is 5.88 Å². The van der Waals surface area contributed by atoms with Crippen molar-refractivity contribution in [3.8, 4) is 5.88 Å². The van der Waals surface area contributed by atoms with Crippen molar-refractivity contribution < 1.29 is 9.90 Å². The van der Waals surface area contributed by atoms with Gasteiger partial charge in [0, 0.05) is 23.0 Å². The summed E-state index contributed by atoms with van der Waals surface area (Å²) < 4.78 is 1.08. The second-order valence-corrected chi connectivity index (χ2v) is 8.08. The molecule has 0 radical (unpaired) electrons. The molecule has 2 N–H and O–H groups in total. The zero-order chi connectivity index (χ0) is 21.3. The van der Waals surface area contributed by atoms with Gasteiger partial charge in [-0.05, 0) is 42.7 Å². The van der Waals surface area contributed by atoms with Crippen molar-refractivity contribution in [1.29, 1.82) is 0 Å². The highest BCUT2D eigenvalue weighted by Gasteiger charge is 2.19. The van der Waals surface area contributed by atoms with Gasteiger partial charge in [-0.3, -0.25) is 19.1 Å². The van der Waals surface area contributed by atoms with Crippen LogP contribution in [0.1, 0.15) is 28.5 Å². The quantitative estimate of drug-likeness (QED) is 0.644. The van der Waals surface area contributed by atoms with Crippen molar-refractivity contribution in [1.82, 2.24) is 4.57 Å². The zero-order valence-corrected chi connectivity index (χ0v) is 17.5. The summed E-state index contributed by atoms with van der Waals surface area (Å²) in [6.07, 6.45) is 4.35. The Morgan fingerprint density at radius 2 is 2.07 bits per heavy atom. The SMILES string of the molecule is CCc1cccc2c1N=CC2=Cc1sc(=O)n(CC(=O)Nc2cccc(C)c2)c1O. The van der Waals surface area contributed by atoms with Crippen LogP contribution in [-0.4, -0.2) is 21.8 Å². The predicted molar refractivity (Wildman–Crippen MR) is 122 cm³/mol. The van der Waals surface area contributed by atoms with E-state index in [0.29, 0.717) is 10.6 Å². The number of hydrogen-bond donors (Lipinski definition) is 2. The Labute approximate surface area is 177 Å². The molecule has 7 heteroatoms. The molecule has 1 amide bonds. The highest BCUT2D eigenvalue weighted by molar-refractivity contribution is 7.10. The number of allylic oxidation sites excluding steroid dienone is 1. The molecule has 2 aromatic carbocycles. The Morgan fingerprint density at radius 1 is 1.27 bits per heavy atom. The first-order valence-corrected chi connectivity index (χ1v) is 10.4. The summed E-state index contributed by atoms with van der Waals surface area (Å²) in [7, 11) is 0. The molecule has 4 rings (SSSR count). The number of thiazole rings is 1. The Bertz CT molecular complexity index is 1250. The molecular weight excluding hydrogens is 398 g/mol. The third-order valence-electron chi connectivity index (χ3n) is 4.93. The Morgan fingerprint density at radius 3 is 2.83 bits per heavy atom.